The second-order valence-electron chi connectivity index (χ2n) is 8.12. The zero-order chi connectivity index (χ0) is 21.5. The average molecular weight is 426 g/mol. The smallest absolute Gasteiger partial charge is 0.241 e. The van der Waals surface area contributed by atoms with Gasteiger partial charge in [0.2, 0.25) is 15.9 Å². The molecule has 1 aromatic carbocycles. The molecule has 2 aromatic heterocycles. The van der Waals surface area contributed by atoms with Crippen molar-refractivity contribution >= 4 is 21.6 Å². The van der Waals surface area contributed by atoms with Gasteiger partial charge in [-0.2, -0.15) is 9.82 Å². The van der Waals surface area contributed by atoms with Crippen LogP contribution < -0.4 is 10.0 Å². The summed E-state index contributed by atoms with van der Waals surface area (Å²) in [5.41, 5.74) is 2.26. The number of rotatable bonds is 5. The van der Waals surface area contributed by atoms with Gasteiger partial charge in [0.25, 0.3) is 0 Å². The number of amides is 1. The molecule has 0 fully saturated rings. The van der Waals surface area contributed by atoms with Gasteiger partial charge in [-0.15, -0.1) is 0 Å². The minimum Gasteiger partial charge on any atom is -0.325 e. The highest BCUT2D eigenvalue weighted by Crippen LogP contribution is 2.34. The Morgan fingerprint density at radius 1 is 1.20 bits per heavy atom. The van der Waals surface area contributed by atoms with E-state index in [2.05, 4.69) is 20.1 Å². The van der Waals surface area contributed by atoms with Gasteiger partial charge in [-0.25, -0.2) is 8.42 Å². The molecule has 4 rings (SSSR count). The first kappa shape index (κ1) is 20.2. The quantitative estimate of drug-likeness (QED) is 0.653. The first-order valence-corrected chi connectivity index (χ1v) is 11.0. The van der Waals surface area contributed by atoms with Gasteiger partial charge in [0, 0.05) is 42.3 Å². The van der Waals surface area contributed by atoms with Crippen LogP contribution in [0.2, 0.25) is 0 Å². The lowest BCUT2D eigenvalue weighted by Gasteiger charge is -2.30. The lowest BCUT2D eigenvalue weighted by atomic mass is 9.81. The Kier molecular flexibility index (Phi) is 4.95. The molecule has 1 amide bonds. The van der Waals surface area contributed by atoms with Crippen LogP contribution in [0.1, 0.15) is 36.6 Å². The zero-order valence-corrected chi connectivity index (χ0v) is 17.8. The fraction of sp³-hybridized carbons (Fsp3) is 0.286. The Balaban J connectivity index is 1.70. The Labute approximate surface area is 175 Å². The average Bonchev–Trinajstić information content (AvgIpc) is 3.13. The molecule has 1 aliphatic rings. The summed E-state index contributed by atoms with van der Waals surface area (Å²) in [6.07, 6.45) is 7.13. The second kappa shape index (κ2) is 7.33. The summed E-state index contributed by atoms with van der Waals surface area (Å²) in [6, 6.07) is 7.71. The number of carbonyl (C=O) groups is 1. The molecule has 3 aromatic rings. The van der Waals surface area contributed by atoms with Gasteiger partial charge in [0.15, 0.2) is 0 Å². The third-order valence-electron chi connectivity index (χ3n) is 5.23. The fourth-order valence-corrected chi connectivity index (χ4v) is 4.80. The van der Waals surface area contributed by atoms with Crippen LogP contribution in [0, 0.1) is 5.41 Å². The molecule has 1 aliphatic heterocycles. The van der Waals surface area contributed by atoms with Crippen molar-refractivity contribution < 1.29 is 13.2 Å². The number of anilines is 1. The molecule has 1 unspecified atom stereocenters. The Morgan fingerprint density at radius 3 is 2.67 bits per heavy atom. The number of carbonyl (C=O) groups excluding carboxylic acids is 1. The van der Waals surface area contributed by atoms with Gasteiger partial charge in [-0.05, 0) is 41.8 Å². The van der Waals surface area contributed by atoms with Crippen LogP contribution in [0.25, 0.3) is 0 Å². The number of sulfonamides is 1. The maximum atomic E-state index is 13.3. The number of hydrogen-bond donors (Lipinski definition) is 2. The molecular weight excluding hydrogens is 402 g/mol. The van der Waals surface area contributed by atoms with Crippen molar-refractivity contribution in [2.24, 2.45) is 12.5 Å². The number of fused-ring (bicyclic) bond motifs is 1. The summed E-state index contributed by atoms with van der Waals surface area (Å²) in [7, 11) is -2.08. The van der Waals surface area contributed by atoms with E-state index in [4.69, 9.17) is 0 Å². The molecule has 8 nitrogen and oxygen atoms in total. The standard InChI is InChI=1S/C21H23N5O3S/c1-21(2)10-15-9-17(6-7-18(15)24-20(21)27)30(28,29)25-19(14-5-4-8-22-11-14)16-12-23-26(3)13-16/h4-9,11-13,19,25H,10H2,1-3H3,(H,24,27). The van der Waals surface area contributed by atoms with Crippen LogP contribution in [0.5, 0.6) is 0 Å². The highest BCUT2D eigenvalue weighted by molar-refractivity contribution is 7.89. The van der Waals surface area contributed by atoms with E-state index in [0.717, 1.165) is 5.56 Å². The third-order valence-corrected chi connectivity index (χ3v) is 6.65. The SMILES string of the molecule is Cn1cc(C(NS(=O)(=O)c2ccc3c(c2)CC(C)(C)C(=O)N3)c2cccnc2)cn1. The minimum atomic E-state index is -3.86. The van der Waals surface area contributed by atoms with E-state index < -0.39 is 21.5 Å². The van der Waals surface area contributed by atoms with Crippen molar-refractivity contribution in [3.8, 4) is 0 Å². The molecule has 0 spiro atoms. The molecule has 3 heterocycles. The van der Waals surface area contributed by atoms with E-state index in [-0.39, 0.29) is 10.8 Å². The zero-order valence-electron chi connectivity index (χ0n) is 17.0. The van der Waals surface area contributed by atoms with Crippen molar-refractivity contribution in [2.45, 2.75) is 31.2 Å². The highest BCUT2D eigenvalue weighted by atomic mass is 32.2. The van der Waals surface area contributed by atoms with Crippen molar-refractivity contribution in [3.05, 3.63) is 71.8 Å². The summed E-state index contributed by atoms with van der Waals surface area (Å²) >= 11 is 0. The normalized spacial score (nSPS) is 16.6. The van der Waals surface area contributed by atoms with Crippen LogP contribution in [-0.4, -0.2) is 29.1 Å². The van der Waals surface area contributed by atoms with Crippen molar-refractivity contribution in [3.63, 3.8) is 0 Å². The van der Waals surface area contributed by atoms with Gasteiger partial charge in [-0.3, -0.25) is 14.5 Å². The predicted octanol–water partition coefficient (Wildman–Crippen LogP) is 2.40. The molecule has 9 heteroatoms. The topological polar surface area (TPSA) is 106 Å². The monoisotopic (exact) mass is 425 g/mol. The summed E-state index contributed by atoms with van der Waals surface area (Å²) < 4.78 is 30.9. The Morgan fingerprint density at radius 2 is 2.00 bits per heavy atom. The third kappa shape index (κ3) is 3.86. The number of hydrogen-bond acceptors (Lipinski definition) is 5. The molecule has 0 bridgehead atoms. The van der Waals surface area contributed by atoms with Gasteiger partial charge in [0.1, 0.15) is 0 Å². The first-order valence-electron chi connectivity index (χ1n) is 9.51. The van der Waals surface area contributed by atoms with E-state index >= 15 is 0 Å². The lowest BCUT2D eigenvalue weighted by molar-refractivity contribution is -0.124. The summed E-state index contributed by atoms with van der Waals surface area (Å²) in [5, 5.41) is 7.02. The summed E-state index contributed by atoms with van der Waals surface area (Å²) in [6.45, 7) is 3.68. The number of benzene rings is 1. The molecule has 0 aliphatic carbocycles. The number of nitrogens with one attached hydrogen (secondary N) is 2. The van der Waals surface area contributed by atoms with Gasteiger partial charge < -0.3 is 5.32 Å². The molecule has 0 radical (unpaired) electrons. The maximum Gasteiger partial charge on any atom is 0.241 e. The van der Waals surface area contributed by atoms with E-state index in [9.17, 15) is 13.2 Å². The molecule has 0 saturated carbocycles. The molecule has 156 valence electrons. The number of nitrogens with zero attached hydrogens (tertiary/aromatic N) is 3. The summed E-state index contributed by atoms with van der Waals surface area (Å²) in [5.74, 6) is -0.0723. The van der Waals surface area contributed by atoms with Crippen LogP contribution in [0.3, 0.4) is 0 Å². The van der Waals surface area contributed by atoms with Crippen molar-refractivity contribution in [1.82, 2.24) is 19.5 Å². The number of aryl methyl sites for hydroxylation is 1. The van der Waals surface area contributed by atoms with E-state index in [1.54, 1.807) is 54.7 Å². The number of pyridine rings is 1. The van der Waals surface area contributed by atoms with Gasteiger partial charge in [0.05, 0.1) is 17.1 Å². The summed E-state index contributed by atoms with van der Waals surface area (Å²) in [4.78, 5) is 16.4. The van der Waals surface area contributed by atoms with Crippen molar-refractivity contribution in [1.29, 1.82) is 0 Å². The van der Waals surface area contributed by atoms with Gasteiger partial charge >= 0.3 is 0 Å². The van der Waals surface area contributed by atoms with E-state index in [0.29, 0.717) is 23.2 Å². The number of aromatic nitrogens is 3. The largest absolute Gasteiger partial charge is 0.325 e. The van der Waals surface area contributed by atoms with Crippen LogP contribution in [0.4, 0.5) is 5.69 Å². The first-order chi connectivity index (χ1) is 14.2. The molecule has 1 atom stereocenters. The fourth-order valence-electron chi connectivity index (χ4n) is 3.54. The highest BCUT2D eigenvalue weighted by Gasteiger charge is 2.34. The van der Waals surface area contributed by atoms with Gasteiger partial charge in [-0.1, -0.05) is 19.9 Å². The molecule has 30 heavy (non-hydrogen) atoms. The van der Waals surface area contributed by atoms with Crippen LogP contribution in [-0.2, 0) is 28.3 Å². The van der Waals surface area contributed by atoms with Crippen molar-refractivity contribution in [2.75, 3.05) is 5.32 Å². The lowest BCUT2D eigenvalue weighted by Crippen LogP contribution is -2.37. The van der Waals surface area contributed by atoms with E-state index in [1.165, 1.54) is 6.07 Å². The Hall–Kier alpha value is -3.04. The Bertz CT molecular complexity index is 1200. The van der Waals surface area contributed by atoms with Crippen LogP contribution >= 0.6 is 0 Å². The van der Waals surface area contributed by atoms with Crippen LogP contribution in [0.15, 0.2) is 60.0 Å². The molecular formula is C21H23N5O3S. The predicted molar refractivity (Wildman–Crippen MR) is 112 cm³/mol. The molecule has 0 saturated heterocycles. The second-order valence-corrected chi connectivity index (χ2v) is 9.84. The molecule has 2 N–H and O–H groups in total. The minimum absolute atomic E-state index is 0.0723. The van der Waals surface area contributed by atoms with E-state index in [1.807, 2.05) is 19.9 Å². The maximum absolute atomic E-state index is 13.3.